The van der Waals surface area contributed by atoms with E-state index in [1.165, 1.54) is 23.1 Å². The Kier molecular flexibility index (Phi) is 4.44. The number of carbonyl (C=O) groups is 2. The lowest BCUT2D eigenvalue weighted by atomic mass is 10.2. The highest BCUT2D eigenvalue weighted by atomic mass is 32.1. The summed E-state index contributed by atoms with van der Waals surface area (Å²) >= 11 is 1.55. The number of carboxylic acid groups (broad SMARTS) is 1. The monoisotopic (exact) mass is 306 g/mol. The fraction of sp³-hybridized carbons (Fsp3) is 0.143. The summed E-state index contributed by atoms with van der Waals surface area (Å²) in [6, 6.07) is 5.46. The van der Waals surface area contributed by atoms with Gasteiger partial charge < -0.3 is 20.4 Å². The number of hydrogen-bond donors (Lipinski definition) is 3. The van der Waals surface area contributed by atoms with Crippen LogP contribution in [0.5, 0.6) is 5.75 Å². The Bertz CT molecular complexity index is 655. The van der Waals surface area contributed by atoms with Gasteiger partial charge in [-0.3, -0.25) is 0 Å². The summed E-state index contributed by atoms with van der Waals surface area (Å²) in [4.78, 5) is 24.4. The molecule has 1 aromatic heterocycles. The van der Waals surface area contributed by atoms with Gasteiger partial charge in [0.15, 0.2) is 0 Å². The van der Waals surface area contributed by atoms with Gasteiger partial charge in [0.05, 0.1) is 0 Å². The zero-order valence-electron chi connectivity index (χ0n) is 11.2. The predicted molar refractivity (Wildman–Crippen MR) is 79.9 cm³/mol. The number of urea groups is 1. The molecule has 0 aliphatic carbocycles. The molecule has 1 heterocycles. The molecule has 0 bridgehead atoms. The van der Waals surface area contributed by atoms with Crippen molar-refractivity contribution in [1.82, 2.24) is 4.90 Å². The van der Waals surface area contributed by atoms with Crippen molar-refractivity contribution in [2.24, 2.45) is 0 Å². The lowest BCUT2D eigenvalue weighted by Crippen LogP contribution is -2.30. The van der Waals surface area contributed by atoms with Crippen molar-refractivity contribution in [2.45, 2.75) is 6.54 Å². The van der Waals surface area contributed by atoms with Crippen molar-refractivity contribution < 1.29 is 19.8 Å². The van der Waals surface area contributed by atoms with Crippen LogP contribution in [0.4, 0.5) is 10.5 Å². The van der Waals surface area contributed by atoms with Gasteiger partial charge in [-0.25, -0.2) is 9.59 Å². The van der Waals surface area contributed by atoms with E-state index in [1.54, 1.807) is 18.4 Å². The fourth-order valence-corrected chi connectivity index (χ4v) is 2.39. The Labute approximate surface area is 125 Å². The molecule has 2 aromatic rings. The number of hydrogen-bond acceptors (Lipinski definition) is 4. The second-order valence-electron chi connectivity index (χ2n) is 4.45. The van der Waals surface area contributed by atoms with Gasteiger partial charge in [-0.05, 0) is 40.6 Å². The van der Waals surface area contributed by atoms with Crippen molar-refractivity contribution in [2.75, 3.05) is 12.4 Å². The van der Waals surface area contributed by atoms with Crippen LogP contribution in [-0.4, -0.2) is 34.2 Å². The molecule has 0 radical (unpaired) electrons. The van der Waals surface area contributed by atoms with Gasteiger partial charge in [0.2, 0.25) is 0 Å². The predicted octanol–water partition coefficient (Wildman–Crippen LogP) is 2.82. The van der Waals surface area contributed by atoms with E-state index in [1.807, 2.05) is 16.8 Å². The van der Waals surface area contributed by atoms with Gasteiger partial charge in [0.1, 0.15) is 11.3 Å². The average molecular weight is 306 g/mol. The summed E-state index contributed by atoms with van der Waals surface area (Å²) in [5.74, 6) is -1.60. The summed E-state index contributed by atoms with van der Waals surface area (Å²) in [6.45, 7) is 0.458. The van der Waals surface area contributed by atoms with Gasteiger partial charge in [-0.1, -0.05) is 0 Å². The third-order valence-corrected chi connectivity index (χ3v) is 3.56. The third kappa shape index (κ3) is 3.73. The second-order valence-corrected chi connectivity index (χ2v) is 5.23. The first-order valence-corrected chi connectivity index (χ1v) is 7.01. The van der Waals surface area contributed by atoms with Gasteiger partial charge in [0, 0.05) is 19.3 Å². The molecular weight excluding hydrogens is 292 g/mol. The van der Waals surface area contributed by atoms with Gasteiger partial charge in [-0.2, -0.15) is 11.3 Å². The molecule has 110 valence electrons. The number of amides is 2. The van der Waals surface area contributed by atoms with E-state index < -0.39 is 5.97 Å². The van der Waals surface area contributed by atoms with Gasteiger partial charge >= 0.3 is 12.0 Å². The summed E-state index contributed by atoms with van der Waals surface area (Å²) < 4.78 is 0. The molecule has 0 fully saturated rings. The minimum Gasteiger partial charge on any atom is -0.507 e. The zero-order valence-corrected chi connectivity index (χ0v) is 12.1. The lowest BCUT2D eigenvalue weighted by molar-refractivity contribution is 0.0693. The number of carbonyl (C=O) groups excluding carboxylic acids is 1. The van der Waals surface area contributed by atoms with E-state index in [4.69, 9.17) is 5.11 Å². The molecule has 0 saturated heterocycles. The van der Waals surface area contributed by atoms with Crippen molar-refractivity contribution in [3.8, 4) is 5.75 Å². The number of aromatic carboxylic acids is 1. The van der Waals surface area contributed by atoms with E-state index in [0.717, 1.165) is 5.56 Å². The lowest BCUT2D eigenvalue weighted by Gasteiger charge is -2.17. The summed E-state index contributed by atoms with van der Waals surface area (Å²) in [5.41, 5.74) is 1.08. The van der Waals surface area contributed by atoms with Crippen LogP contribution in [0.3, 0.4) is 0 Å². The maximum atomic E-state index is 12.0. The molecule has 1 aromatic carbocycles. The molecule has 3 N–H and O–H groups in total. The summed E-state index contributed by atoms with van der Waals surface area (Å²) in [6.07, 6.45) is 0. The zero-order chi connectivity index (χ0) is 15.4. The van der Waals surface area contributed by atoms with Crippen LogP contribution in [0.1, 0.15) is 15.9 Å². The highest BCUT2D eigenvalue weighted by Gasteiger charge is 2.13. The van der Waals surface area contributed by atoms with Crippen LogP contribution in [-0.2, 0) is 6.54 Å². The van der Waals surface area contributed by atoms with Crippen molar-refractivity contribution in [3.63, 3.8) is 0 Å². The number of nitrogens with zero attached hydrogens (tertiary/aromatic N) is 1. The summed E-state index contributed by atoms with van der Waals surface area (Å²) in [5, 5.41) is 24.8. The average Bonchev–Trinajstić information content (AvgIpc) is 2.93. The van der Waals surface area contributed by atoms with Crippen LogP contribution in [0.2, 0.25) is 0 Å². The minimum atomic E-state index is -1.25. The normalized spacial score (nSPS) is 10.1. The van der Waals surface area contributed by atoms with Crippen LogP contribution in [0.25, 0.3) is 0 Å². The number of phenols is 1. The van der Waals surface area contributed by atoms with Crippen LogP contribution >= 0.6 is 11.3 Å². The van der Waals surface area contributed by atoms with Crippen LogP contribution in [0, 0.1) is 0 Å². The van der Waals surface area contributed by atoms with Crippen LogP contribution < -0.4 is 5.32 Å². The number of thiophene rings is 1. The number of anilines is 1. The molecule has 2 amide bonds. The maximum Gasteiger partial charge on any atom is 0.339 e. The fourth-order valence-electron chi connectivity index (χ4n) is 1.73. The Morgan fingerprint density at radius 1 is 1.33 bits per heavy atom. The number of rotatable bonds is 4. The maximum absolute atomic E-state index is 12.0. The second kappa shape index (κ2) is 6.27. The molecule has 0 unspecified atom stereocenters. The van der Waals surface area contributed by atoms with E-state index >= 15 is 0 Å². The third-order valence-electron chi connectivity index (χ3n) is 2.82. The SMILES string of the molecule is CN(Cc1ccsc1)C(=O)Nc1ccc(O)c(C(=O)O)c1. The highest BCUT2D eigenvalue weighted by Crippen LogP contribution is 2.21. The molecule has 21 heavy (non-hydrogen) atoms. The molecule has 0 atom stereocenters. The van der Waals surface area contributed by atoms with Crippen LogP contribution in [0.15, 0.2) is 35.0 Å². The first kappa shape index (κ1) is 14.9. The molecule has 0 saturated carbocycles. The molecule has 7 heteroatoms. The number of carboxylic acids is 1. The Hall–Kier alpha value is -2.54. The Balaban J connectivity index is 2.05. The molecule has 0 aliphatic heterocycles. The van der Waals surface area contributed by atoms with E-state index in [-0.39, 0.29) is 17.3 Å². The largest absolute Gasteiger partial charge is 0.507 e. The van der Waals surface area contributed by atoms with Crippen molar-refractivity contribution in [3.05, 3.63) is 46.2 Å². The summed E-state index contributed by atoms with van der Waals surface area (Å²) in [7, 11) is 1.64. The quantitative estimate of drug-likeness (QED) is 0.758. The van der Waals surface area contributed by atoms with E-state index in [9.17, 15) is 14.7 Å². The number of aromatic hydroxyl groups is 1. The molecule has 0 aliphatic rings. The smallest absolute Gasteiger partial charge is 0.339 e. The number of benzene rings is 1. The first-order valence-electron chi connectivity index (χ1n) is 6.07. The molecular formula is C14H14N2O4S. The molecule has 2 rings (SSSR count). The van der Waals surface area contributed by atoms with E-state index in [0.29, 0.717) is 12.2 Å². The van der Waals surface area contributed by atoms with Crippen molar-refractivity contribution in [1.29, 1.82) is 0 Å². The topological polar surface area (TPSA) is 89.9 Å². The molecule has 6 nitrogen and oxygen atoms in total. The van der Waals surface area contributed by atoms with Gasteiger partial charge in [0.25, 0.3) is 0 Å². The van der Waals surface area contributed by atoms with E-state index in [2.05, 4.69) is 5.32 Å². The standard InChI is InChI=1S/C14H14N2O4S/c1-16(7-9-4-5-21-8-9)14(20)15-10-2-3-12(17)11(6-10)13(18)19/h2-6,8,17H,7H2,1H3,(H,15,20)(H,18,19). The molecule has 0 spiro atoms. The van der Waals surface area contributed by atoms with Gasteiger partial charge in [-0.15, -0.1) is 0 Å². The minimum absolute atomic E-state index is 0.256. The van der Waals surface area contributed by atoms with Crippen molar-refractivity contribution >= 4 is 29.0 Å². The Morgan fingerprint density at radius 2 is 2.10 bits per heavy atom. The first-order chi connectivity index (χ1) is 9.97. The highest BCUT2D eigenvalue weighted by molar-refractivity contribution is 7.07. The Morgan fingerprint density at radius 3 is 2.71 bits per heavy atom. The number of nitrogens with one attached hydrogen (secondary N) is 1.